The summed E-state index contributed by atoms with van der Waals surface area (Å²) in [6, 6.07) is 7.60. The van der Waals surface area contributed by atoms with Gasteiger partial charge in [0.25, 0.3) is 0 Å². The molecule has 0 N–H and O–H groups in total. The Morgan fingerprint density at radius 2 is 2.06 bits per heavy atom. The normalized spacial score (nSPS) is 16.7. The van der Waals surface area contributed by atoms with Crippen molar-refractivity contribution in [1.82, 2.24) is 24.0 Å². The molecule has 0 amide bonds. The molecule has 8 nitrogen and oxygen atoms in total. The number of imidazole rings is 1. The molecule has 34 heavy (non-hydrogen) atoms. The van der Waals surface area contributed by atoms with Crippen molar-refractivity contribution in [1.29, 1.82) is 0 Å². The molecule has 0 saturated carbocycles. The monoisotopic (exact) mass is 459 g/mol. The van der Waals surface area contributed by atoms with Crippen LogP contribution in [-0.2, 0) is 6.54 Å². The first-order valence-corrected chi connectivity index (χ1v) is 12.2. The molecule has 0 radical (unpaired) electrons. The van der Waals surface area contributed by atoms with E-state index < -0.39 is 0 Å². The third kappa shape index (κ3) is 3.72. The third-order valence-corrected chi connectivity index (χ3v) is 7.03. The number of hydrogen-bond acceptors (Lipinski definition) is 6. The summed E-state index contributed by atoms with van der Waals surface area (Å²) >= 11 is 0. The van der Waals surface area contributed by atoms with E-state index in [-0.39, 0.29) is 5.69 Å². The molecule has 0 unspecified atom stereocenters. The van der Waals surface area contributed by atoms with Crippen LogP contribution in [0.15, 0.2) is 47.7 Å². The Hall–Kier alpha value is -3.39. The molecule has 8 heteroatoms. The summed E-state index contributed by atoms with van der Waals surface area (Å²) in [7, 11) is 0. The minimum atomic E-state index is -0.110. The zero-order valence-electron chi connectivity index (χ0n) is 19.4. The van der Waals surface area contributed by atoms with Crippen molar-refractivity contribution in [3.05, 3.63) is 53.3 Å². The molecule has 0 aliphatic carbocycles. The number of ether oxygens (including phenoxy) is 2. The lowest BCUT2D eigenvalue weighted by Gasteiger charge is -2.30. The summed E-state index contributed by atoms with van der Waals surface area (Å²) in [5.74, 6) is 2.32. The maximum absolute atomic E-state index is 13.3. The van der Waals surface area contributed by atoms with Crippen LogP contribution in [0.25, 0.3) is 27.6 Å². The van der Waals surface area contributed by atoms with E-state index in [0.717, 1.165) is 52.3 Å². The minimum Gasteiger partial charge on any atom is -0.493 e. The maximum Gasteiger partial charge on any atom is 0.333 e. The molecule has 4 aromatic rings. The highest BCUT2D eigenvalue weighted by Gasteiger charge is 2.23. The Kier molecular flexibility index (Phi) is 5.45. The summed E-state index contributed by atoms with van der Waals surface area (Å²) in [6.45, 7) is 7.32. The van der Waals surface area contributed by atoms with Crippen molar-refractivity contribution in [2.75, 3.05) is 32.8 Å². The Bertz CT molecular complexity index is 1390. The number of nitrogens with zero attached hydrogens (tertiary/aromatic N) is 5. The summed E-state index contributed by atoms with van der Waals surface area (Å²) in [6.07, 6.45) is 8.73. The number of hydrogen-bond donors (Lipinski definition) is 0. The number of likely N-dealkylation sites (tertiary alicyclic amines) is 1. The predicted octanol–water partition coefficient (Wildman–Crippen LogP) is 3.63. The second-order valence-electron chi connectivity index (χ2n) is 9.36. The SMILES string of the molecule is CC1CCN(CCCOc2cc3c4c(c2)ncc2c4n(c(=O)n2-c2cccnc2)CCO3)CC1. The number of rotatable bonds is 6. The van der Waals surface area contributed by atoms with Crippen LogP contribution in [0.4, 0.5) is 0 Å². The molecular weight excluding hydrogens is 430 g/mol. The minimum absolute atomic E-state index is 0.110. The van der Waals surface area contributed by atoms with Gasteiger partial charge >= 0.3 is 5.69 Å². The molecule has 2 aliphatic rings. The lowest BCUT2D eigenvalue weighted by molar-refractivity contribution is 0.177. The summed E-state index contributed by atoms with van der Waals surface area (Å²) in [4.78, 5) is 24.7. The topological polar surface area (TPSA) is 74.4 Å². The second kappa shape index (κ2) is 8.76. The van der Waals surface area contributed by atoms with Crippen molar-refractivity contribution < 1.29 is 9.47 Å². The van der Waals surface area contributed by atoms with Gasteiger partial charge in [-0.25, -0.2) is 4.79 Å². The van der Waals surface area contributed by atoms with Crippen molar-refractivity contribution >= 4 is 21.9 Å². The molecule has 3 aromatic heterocycles. The van der Waals surface area contributed by atoms with Crippen LogP contribution < -0.4 is 15.2 Å². The van der Waals surface area contributed by atoms with E-state index in [1.165, 1.54) is 25.9 Å². The quantitative estimate of drug-likeness (QED) is 0.410. The first-order chi connectivity index (χ1) is 16.7. The van der Waals surface area contributed by atoms with Gasteiger partial charge in [0.05, 0.1) is 53.2 Å². The van der Waals surface area contributed by atoms with E-state index in [2.05, 4.69) is 16.8 Å². The van der Waals surface area contributed by atoms with Crippen LogP contribution in [-0.4, -0.2) is 56.9 Å². The third-order valence-electron chi connectivity index (χ3n) is 7.03. The fourth-order valence-electron chi connectivity index (χ4n) is 5.14. The molecule has 176 valence electrons. The van der Waals surface area contributed by atoms with Gasteiger partial charge in [0.15, 0.2) is 0 Å². The van der Waals surface area contributed by atoms with E-state index in [9.17, 15) is 4.79 Å². The van der Waals surface area contributed by atoms with E-state index in [0.29, 0.717) is 25.5 Å². The summed E-state index contributed by atoms with van der Waals surface area (Å²) in [5.41, 5.74) is 2.98. The highest BCUT2D eigenvalue weighted by atomic mass is 16.5. The highest BCUT2D eigenvalue weighted by Crippen LogP contribution is 2.37. The van der Waals surface area contributed by atoms with Crippen molar-refractivity contribution in [2.45, 2.75) is 32.7 Å². The van der Waals surface area contributed by atoms with Crippen LogP contribution in [0.1, 0.15) is 26.2 Å². The Balaban J connectivity index is 1.30. The number of piperidine rings is 1. The van der Waals surface area contributed by atoms with E-state index in [1.807, 2.05) is 24.3 Å². The zero-order chi connectivity index (χ0) is 23.1. The lowest BCUT2D eigenvalue weighted by Crippen LogP contribution is -2.34. The second-order valence-corrected chi connectivity index (χ2v) is 9.36. The lowest BCUT2D eigenvalue weighted by atomic mass is 9.99. The Morgan fingerprint density at radius 1 is 1.18 bits per heavy atom. The number of aromatic nitrogens is 4. The van der Waals surface area contributed by atoms with Gasteiger partial charge in [-0.3, -0.25) is 19.1 Å². The van der Waals surface area contributed by atoms with Crippen molar-refractivity contribution in [3.63, 3.8) is 0 Å². The highest BCUT2D eigenvalue weighted by molar-refractivity contribution is 6.07. The fourth-order valence-corrected chi connectivity index (χ4v) is 5.14. The molecule has 0 bridgehead atoms. The molecule has 5 heterocycles. The predicted molar refractivity (Wildman–Crippen MR) is 131 cm³/mol. The van der Waals surface area contributed by atoms with E-state index >= 15 is 0 Å². The largest absolute Gasteiger partial charge is 0.493 e. The van der Waals surface area contributed by atoms with Gasteiger partial charge in [-0.1, -0.05) is 6.92 Å². The summed E-state index contributed by atoms with van der Waals surface area (Å²) < 4.78 is 15.6. The molecule has 0 atom stereocenters. The molecule has 2 aliphatic heterocycles. The van der Waals surface area contributed by atoms with Crippen molar-refractivity contribution in [3.8, 4) is 17.2 Å². The van der Waals surface area contributed by atoms with Gasteiger partial charge in [0.1, 0.15) is 18.1 Å². The van der Waals surface area contributed by atoms with Gasteiger partial charge in [-0.2, -0.15) is 0 Å². The molecule has 1 saturated heterocycles. The Labute approximate surface area is 197 Å². The molecule has 6 rings (SSSR count). The van der Waals surface area contributed by atoms with Crippen LogP contribution in [0.5, 0.6) is 11.5 Å². The van der Waals surface area contributed by atoms with Crippen LogP contribution >= 0.6 is 0 Å². The average molecular weight is 460 g/mol. The van der Waals surface area contributed by atoms with E-state index in [4.69, 9.17) is 14.5 Å². The number of benzene rings is 1. The fraction of sp³-hybridized carbons (Fsp3) is 0.423. The van der Waals surface area contributed by atoms with Gasteiger partial charge in [0.2, 0.25) is 0 Å². The summed E-state index contributed by atoms with van der Waals surface area (Å²) in [5, 5.41) is 0.851. The maximum atomic E-state index is 13.3. The van der Waals surface area contributed by atoms with E-state index in [1.54, 1.807) is 27.7 Å². The molecule has 0 spiro atoms. The van der Waals surface area contributed by atoms with Gasteiger partial charge in [0, 0.05) is 24.9 Å². The van der Waals surface area contributed by atoms with Gasteiger partial charge < -0.3 is 14.4 Å². The van der Waals surface area contributed by atoms with Gasteiger partial charge in [-0.15, -0.1) is 0 Å². The number of pyridine rings is 2. The Morgan fingerprint density at radius 3 is 2.88 bits per heavy atom. The van der Waals surface area contributed by atoms with Crippen LogP contribution in [0.3, 0.4) is 0 Å². The smallest absolute Gasteiger partial charge is 0.333 e. The first-order valence-electron chi connectivity index (χ1n) is 12.2. The molecule has 1 aromatic carbocycles. The van der Waals surface area contributed by atoms with Gasteiger partial charge in [-0.05, 0) is 50.4 Å². The van der Waals surface area contributed by atoms with Crippen LogP contribution in [0.2, 0.25) is 0 Å². The molecular formula is C26H29N5O3. The average Bonchev–Trinajstić information content (AvgIpc) is 3.00. The van der Waals surface area contributed by atoms with Crippen LogP contribution in [0, 0.1) is 5.92 Å². The zero-order valence-corrected chi connectivity index (χ0v) is 19.4. The van der Waals surface area contributed by atoms with Crippen molar-refractivity contribution in [2.24, 2.45) is 5.92 Å². The standard InChI is InChI=1S/C26H29N5O3/c1-18-5-9-29(10-6-18)8-3-12-33-20-14-21-24-23(15-20)34-13-11-30-25(24)22(17-28-21)31(26(30)32)19-4-2-7-27-16-19/h2,4,7,14-18H,3,5-6,8-13H2,1H3. The molecule has 1 fully saturated rings. The first kappa shape index (κ1) is 21.2.